The molecule has 1 aromatic carbocycles. The number of carboxylic acid groups (broad SMARTS) is 1. The average molecular weight is 319 g/mol. The number of nitrogens with zero attached hydrogens (tertiary/aromatic N) is 1. The number of aliphatic carboxylic acids is 1. The molecule has 1 aliphatic rings. The fourth-order valence-electron chi connectivity index (χ4n) is 2.58. The van der Waals surface area contributed by atoms with Crippen molar-refractivity contribution in [3.05, 3.63) is 46.2 Å². The second-order valence-electron chi connectivity index (χ2n) is 5.19. The molecule has 0 bridgehead atoms. The molecule has 0 spiro atoms. The number of carbonyl (C=O) groups is 1. The number of rotatable bonds is 5. The van der Waals surface area contributed by atoms with E-state index in [1.165, 1.54) is 11.3 Å². The molecule has 1 unspecified atom stereocenters. The second kappa shape index (κ2) is 6.37. The van der Waals surface area contributed by atoms with E-state index in [1.54, 1.807) is 0 Å². The minimum atomic E-state index is -0.849. The van der Waals surface area contributed by atoms with Gasteiger partial charge in [0.05, 0.1) is 0 Å². The van der Waals surface area contributed by atoms with Crippen LogP contribution in [0.15, 0.2) is 35.0 Å². The van der Waals surface area contributed by atoms with E-state index in [4.69, 9.17) is 9.47 Å². The van der Waals surface area contributed by atoms with Crippen LogP contribution in [0.4, 0.5) is 0 Å². The van der Waals surface area contributed by atoms with Crippen molar-refractivity contribution in [3.63, 3.8) is 0 Å². The standard InChI is InChI=1S/C16H17NO4S/c1-17(15(16(18)19)12-4-7-22-10-12)9-11-2-3-13-14(8-11)21-6-5-20-13/h2-4,7-8,10,15H,5-6,9H2,1H3,(H,18,19). The van der Waals surface area contributed by atoms with Crippen LogP contribution in [0, 0.1) is 0 Å². The van der Waals surface area contributed by atoms with Crippen molar-refractivity contribution in [2.45, 2.75) is 12.6 Å². The summed E-state index contributed by atoms with van der Waals surface area (Å²) in [5.41, 5.74) is 1.80. The predicted molar refractivity (Wildman–Crippen MR) is 83.6 cm³/mol. The highest BCUT2D eigenvalue weighted by atomic mass is 32.1. The SMILES string of the molecule is CN(Cc1ccc2c(c1)OCCO2)C(C(=O)O)c1ccsc1. The molecule has 3 rings (SSSR count). The van der Waals surface area contributed by atoms with Gasteiger partial charge in [0.2, 0.25) is 0 Å². The number of benzene rings is 1. The van der Waals surface area contributed by atoms with Gasteiger partial charge in [0, 0.05) is 6.54 Å². The average Bonchev–Trinajstić information content (AvgIpc) is 3.00. The summed E-state index contributed by atoms with van der Waals surface area (Å²) in [5, 5.41) is 13.3. The molecule has 0 aliphatic carbocycles. The molecule has 0 saturated heterocycles. The molecule has 6 heteroatoms. The zero-order valence-electron chi connectivity index (χ0n) is 12.2. The first-order chi connectivity index (χ1) is 10.6. The molecule has 2 heterocycles. The van der Waals surface area contributed by atoms with Gasteiger partial charge in [-0.3, -0.25) is 9.69 Å². The van der Waals surface area contributed by atoms with E-state index in [2.05, 4.69) is 0 Å². The molecule has 22 heavy (non-hydrogen) atoms. The van der Waals surface area contributed by atoms with Gasteiger partial charge in [-0.2, -0.15) is 11.3 Å². The Morgan fingerprint density at radius 1 is 1.32 bits per heavy atom. The third-order valence-electron chi connectivity index (χ3n) is 3.57. The lowest BCUT2D eigenvalue weighted by atomic mass is 10.1. The van der Waals surface area contributed by atoms with Crippen LogP contribution in [0.25, 0.3) is 0 Å². The van der Waals surface area contributed by atoms with Crippen LogP contribution in [0.5, 0.6) is 11.5 Å². The lowest BCUT2D eigenvalue weighted by molar-refractivity contribution is -0.143. The van der Waals surface area contributed by atoms with Crippen LogP contribution >= 0.6 is 11.3 Å². The molecule has 1 N–H and O–H groups in total. The molecule has 1 atom stereocenters. The Hall–Kier alpha value is -2.05. The van der Waals surface area contributed by atoms with Gasteiger partial charge in [-0.15, -0.1) is 0 Å². The van der Waals surface area contributed by atoms with Crippen molar-refractivity contribution >= 4 is 17.3 Å². The Kier molecular flexibility index (Phi) is 4.31. The van der Waals surface area contributed by atoms with Crippen molar-refractivity contribution in [1.82, 2.24) is 4.90 Å². The van der Waals surface area contributed by atoms with Gasteiger partial charge in [-0.1, -0.05) is 6.07 Å². The lowest BCUT2D eigenvalue weighted by Gasteiger charge is -2.25. The number of hydrogen-bond acceptors (Lipinski definition) is 5. The molecule has 116 valence electrons. The van der Waals surface area contributed by atoms with Gasteiger partial charge in [0.25, 0.3) is 0 Å². The van der Waals surface area contributed by atoms with Gasteiger partial charge in [-0.05, 0) is 47.1 Å². The summed E-state index contributed by atoms with van der Waals surface area (Å²) in [5.74, 6) is 0.614. The molecule has 0 amide bonds. The number of thiophene rings is 1. The largest absolute Gasteiger partial charge is 0.486 e. The number of ether oxygens (including phenoxy) is 2. The maximum atomic E-state index is 11.6. The van der Waals surface area contributed by atoms with Crippen molar-refractivity contribution in [2.75, 3.05) is 20.3 Å². The third kappa shape index (κ3) is 3.08. The zero-order chi connectivity index (χ0) is 15.5. The van der Waals surface area contributed by atoms with E-state index in [0.29, 0.717) is 19.8 Å². The summed E-state index contributed by atoms with van der Waals surface area (Å²) >= 11 is 1.50. The summed E-state index contributed by atoms with van der Waals surface area (Å²) in [7, 11) is 1.81. The van der Waals surface area contributed by atoms with Crippen LogP contribution in [0.2, 0.25) is 0 Å². The van der Waals surface area contributed by atoms with Gasteiger partial charge in [-0.25, -0.2) is 0 Å². The first-order valence-electron chi connectivity index (χ1n) is 6.99. The van der Waals surface area contributed by atoms with E-state index in [9.17, 15) is 9.90 Å². The Labute approximate surface area is 132 Å². The maximum Gasteiger partial charge on any atom is 0.325 e. The number of hydrogen-bond donors (Lipinski definition) is 1. The maximum absolute atomic E-state index is 11.6. The molecule has 5 nitrogen and oxygen atoms in total. The van der Waals surface area contributed by atoms with Crippen molar-refractivity contribution in [2.24, 2.45) is 0 Å². The van der Waals surface area contributed by atoms with Gasteiger partial charge >= 0.3 is 5.97 Å². The van der Waals surface area contributed by atoms with E-state index in [-0.39, 0.29) is 0 Å². The molecule has 0 radical (unpaired) electrons. The van der Waals surface area contributed by atoms with Crippen molar-refractivity contribution in [1.29, 1.82) is 0 Å². The first-order valence-corrected chi connectivity index (χ1v) is 7.93. The summed E-state index contributed by atoms with van der Waals surface area (Å²) < 4.78 is 11.1. The molecule has 1 aromatic heterocycles. The van der Waals surface area contributed by atoms with Gasteiger partial charge in [0.15, 0.2) is 11.5 Å². The summed E-state index contributed by atoms with van der Waals surface area (Å²) in [6, 6.07) is 6.93. The quantitative estimate of drug-likeness (QED) is 0.918. The van der Waals surface area contributed by atoms with Crippen LogP contribution in [0.1, 0.15) is 17.2 Å². The van der Waals surface area contributed by atoms with Crippen LogP contribution in [-0.4, -0.2) is 36.2 Å². The third-order valence-corrected chi connectivity index (χ3v) is 4.27. The number of likely N-dealkylation sites (N-methyl/N-ethyl adjacent to an activating group) is 1. The lowest BCUT2D eigenvalue weighted by Crippen LogP contribution is -2.30. The fourth-order valence-corrected chi connectivity index (χ4v) is 3.26. The van der Waals surface area contributed by atoms with Crippen molar-refractivity contribution < 1.29 is 19.4 Å². The van der Waals surface area contributed by atoms with Crippen LogP contribution in [-0.2, 0) is 11.3 Å². The molecule has 2 aromatic rings. The highest BCUT2D eigenvalue weighted by Crippen LogP contribution is 2.32. The predicted octanol–water partition coefficient (Wildman–Crippen LogP) is 2.78. The van der Waals surface area contributed by atoms with Crippen LogP contribution in [0.3, 0.4) is 0 Å². The number of fused-ring (bicyclic) bond motifs is 1. The van der Waals surface area contributed by atoms with Gasteiger partial charge < -0.3 is 14.6 Å². The van der Waals surface area contributed by atoms with Gasteiger partial charge in [0.1, 0.15) is 19.3 Å². The highest BCUT2D eigenvalue weighted by molar-refractivity contribution is 7.08. The van der Waals surface area contributed by atoms with E-state index in [1.807, 2.05) is 47.0 Å². The molecule has 0 fully saturated rings. The van der Waals surface area contributed by atoms with E-state index >= 15 is 0 Å². The minimum absolute atomic E-state index is 0.517. The minimum Gasteiger partial charge on any atom is -0.486 e. The van der Waals surface area contributed by atoms with E-state index < -0.39 is 12.0 Å². The summed E-state index contributed by atoms with van der Waals surface area (Å²) in [6.07, 6.45) is 0. The highest BCUT2D eigenvalue weighted by Gasteiger charge is 2.25. The summed E-state index contributed by atoms with van der Waals surface area (Å²) in [4.78, 5) is 13.4. The summed E-state index contributed by atoms with van der Waals surface area (Å²) in [6.45, 7) is 1.62. The molecular weight excluding hydrogens is 302 g/mol. The Balaban J connectivity index is 1.78. The van der Waals surface area contributed by atoms with Crippen molar-refractivity contribution in [3.8, 4) is 11.5 Å². The molecule has 0 saturated carbocycles. The van der Waals surface area contributed by atoms with E-state index in [0.717, 1.165) is 22.6 Å². The second-order valence-corrected chi connectivity index (χ2v) is 5.97. The zero-order valence-corrected chi connectivity index (χ0v) is 13.0. The molecule has 1 aliphatic heterocycles. The monoisotopic (exact) mass is 319 g/mol. The Bertz CT molecular complexity index is 656. The fraction of sp³-hybridized carbons (Fsp3) is 0.312. The van der Waals surface area contributed by atoms with Crippen LogP contribution < -0.4 is 9.47 Å². The molecular formula is C16H17NO4S. The smallest absolute Gasteiger partial charge is 0.325 e. The first kappa shape index (κ1) is 14.9. The normalized spacial score (nSPS) is 14.8. The topological polar surface area (TPSA) is 59.0 Å². The number of carboxylic acids is 1. The Morgan fingerprint density at radius 3 is 2.77 bits per heavy atom. The Morgan fingerprint density at radius 2 is 2.09 bits per heavy atom.